The molecule has 16 heavy (non-hydrogen) atoms. The summed E-state index contributed by atoms with van der Waals surface area (Å²) in [5.74, 6) is -0.0453. The van der Waals surface area contributed by atoms with Crippen LogP contribution in [0.5, 0.6) is 0 Å². The van der Waals surface area contributed by atoms with Gasteiger partial charge in [-0.15, -0.1) is 0 Å². The normalized spacial score (nSPS) is 15.3. The lowest BCUT2D eigenvalue weighted by Gasteiger charge is -1.99. The highest BCUT2D eigenvalue weighted by Gasteiger charge is 2.25. The summed E-state index contributed by atoms with van der Waals surface area (Å²) in [4.78, 5) is 11.9. The van der Waals surface area contributed by atoms with Crippen molar-refractivity contribution in [3.63, 3.8) is 0 Å². The van der Waals surface area contributed by atoms with Crippen LogP contribution in [0.2, 0.25) is 0 Å². The minimum atomic E-state index is -0.0453. The maximum atomic E-state index is 11.9. The minimum Gasteiger partial charge on any atom is -0.348 e. The van der Waals surface area contributed by atoms with Crippen molar-refractivity contribution in [1.82, 2.24) is 9.69 Å². The molecule has 3 rings (SSSR count). The first-order chi connectivity index (χ1) is 7.74. The third kappa shape index (κ3) is 1.85. The number of amides is 1. The second-order valence-corrected chi connectivity index (χ2v) is 5.64. The highest BCUT2D eigenvalue weighted by Crippen LogP contribution is 2.27. The molecule has 3 nitrogen and oxygen atoms in total. The van der Waals surface area contributed by atoms with Gasteiger partial charge in [0.1, 0.15) is 5.69 Å². The van der Waals surface area contributed by atoms with Gasteiger partial charge in [-0.25, -0.2) is 0 Å². The fraction of sp³-hybridized carbons (Fsp3) is 0.273. The van der Waals surface area contributed by atoms with Crippen molar-refractivity contribution in [2.24, 2.45) is 0 Å². The number of nitrogens with one attached hydrogen (secondary N) is 1. The van der Waals surface area contributed by atoms with E-state index in [0.717, 1.165) is 27.4 Å². The van der Waals surface area contributed by atoms with Crippen LogP contribution in [0, 0.1) is 0 Å². The van der Waals surface area contributed by atoms with Crippen molar-refractivity contribution in [3.8, 4) is 0 Å². The molecule has 82 valence electrons. The maximum absolute atomic E-state index is 11.9. The average molecular weight is 297 g/mol. The molecule has 5 heteroatoms. The zero-order chi connectivity index (χ0) is 11.1. The molecule has 1 aromatic heterocycles. The second kappa shape index (κ2) is 3.82. The summed E-state index contributed by atoms with van der Waals surface area (Å²) in [6.07, 6.45) is 2.19. The van der Waals surface area contributed by atoms with Crippen molar-refractivity contribution in [3.05, 3.63) is 28.4 Å². The first kappa shape index (κ1) is 10.2. The van der Waals surface area contributed by atoms with E-state index < -0.39 is 0 Å². The first-order valence-electron chi connectivity index (χ1n) is 5.10. The molecule has 1 saturated carbocycles. The number of carbonyl (C=O) groups excluding carboxylic acids is 1. The fourth-order valence-electron chi connectivity index (χ4n) is 1.56. The summed E-state index contributed by atoms with van der Waals surface area (Å²) in [6.45, 7) is 0. The Morgan fingerprint density at radius 3 is 3.06 bits per heavy atom. The van der Waals surface area contributed by atoms with E-state index in [9.17, 15) is 4.79 Å². The van der Waals surface area contributed by atoms with E-state index in [2.05, 4.69) is 25.6 Å². The molecule has 1 aliphatic carbocycles. The largest absolute Gasteiger partial charge is 0.348 e. The Balaban J connectivity index is 1.99. The topological polar surface area (TPSA) is 42.0 Å². The van der Waals surface area contributed by atoms with Crippen LogP contribution in [0.3, 0.4) is 0 Å². The van der Waals surface area contributed by atoms with E-state index in [-0.39, 0.29) is 5.91 Å². The maximum Gasteiger partial charge on any atom is 0.271 e. The first-order valence-corrected chi connectivity index (χ1v) is 6.66. The van der Waals surface area contributed by atoms with Gasteiger partial charge in [0.05, 0.1) is 4.70 Å². The zero-order valence-electron chi connectivity index (χ0n) is 8.37. The van der Waals surface area contributed by atoms with Gasteiger partial charge in [0.15, 0.2) is 0 Å². The predicted octanol–water partition coefficient (Wildman–Crippen LogP) is 2.95. The highest BCUT2D eigenvalue weighted by atomic mass is 79.9. The lowest BCUT2D eigenvalue weighted by Crippen LogP contribution is -2.25. The van der Waals surface area contributed by atoms with Crippen molar-refractivity contribution < 1.29 is 4.79 Å². The lowest BCUT2D eigenvalue weighted by atomic mass is 10.2. The third-order valence-corrected chi connectivity index (χ3v) is 3.86. The highest BCUT2D eigenvalue weighted by molar-refractivity contribution is 9.10. The van der Waals surface area contributed by atoms with E-state index in [1.165, 1.54) is 11.5 Å². The number of aromatic nitrogens is 1. The van der Waals surface area contributed by atoms with Crippen molar-refractivity contribution in [1.29, 1.82) is 0 Å². The van der Waals surface area contributed by atoms with E-state index in [1.807, 2.05) is 18.2 Å². The molecular weight excluding hydrogens is 288 g/mol. The average Bonchev–Trinajstić information content (AvgIpc) is 2.96. The molecule has 0 atom stereocenters. The fourth-order valence-corrected chi connectivity index (χ4v) is 2.88. The van der Waals surface area contributed by atoms with Crippen LogP contribution in [-0.2, 0) is 0 Å². The molecule has 1 aromatic carbocycles. The monoisotopic (exact) mass is 296 g/mol. The van der Waals surface area contributed by atoms with Gasteiger partial charge in [-0.1, -0.05) is 15.9 Å². The SMILES string of the molecule is O=C(NC1CC1)c1nsc2cc(Br)ccc12. The number of benzene rings is 1. The molecule has 1 amide bonds. The predicted molar refractivity (Wildman–Crippen MR) is 67.8 cm³/mol. The summed E-state index contributed by atoms with van der Waals surface area (Å²) in [6, 6.07) is 6.23. The van der Waals surface area contributed by atoms with E-state index in [4.69, 9.17) is 0 Å². The lowest BCUT2D eigenvalue weighted by molar-refractivity contribution is 0.0949. The van der Waals surface area contributed by atoms with Gasteiger partial charge in [-0.2, -0.15) is 4.37 Å². The Hall–Kier alpha value is -0.940. The Kier molecular flexibility index (Phi) is 2.44. The van der Waals surface area contributed by atoms with Crippen LogP contribution < -0.4 is 5.32 Å². The molecule has 0 bridgehead atoms. The smallest absolute Gasteiger partial charge is 0.271 e. The summed E-state index contributed by atoms with van der Waals surface area (Å²) in [7, 11) is 0. The Labute approximate surface area is 105 Å². The number of fused-ring (bicyclic) bond motifs is 1. The molecule has 1 N–H and O–H groups in total. The molecule has 1 aliphatic rings. The van der Waals surface area contributed by atoms with Gasteiger partial charge < -0.3 is 5.32 Å². The van der Waals surface area contributed by atoms with E-state index in [1.54, 1.807) is 0 Å². The summed E-state index contributed by atoms with van der Waals surface area (Å²) >= 11 is 4.77. The number of nitrogens with zero attached hydrogens (tertiary/aromatic N) is 1. The molecule has 1 fully saturated rings. The van der Waals surface area contributed by atoms with Gasteiger partial charge in [-0.05, 0) is 42.6 Å². The standard InChI is InChI=1S/C11H9BrN2OS/c12-6-1-4-8-9(5-6)16-14-10(8)11(15)13-7-2-3-7/h1,4-5,7H,2-3H2,(H,13,15). The number of halogens is 1. The second-order valence-electron chi connectivity index (χ2n) is 3.92. The Morgan fingerprint density at radius 2 is 2.31 bits per heavy atom. The van der Waals surface area contributed by atoms with Crippen LogP contribution in [-0.4, -0.2) is 16.3 Å². The third-order valence-electron chi connectivity index (χ3n) is 2.56. The number of rotatable bonds is 2. The van der Waals surface area contributed by atoms with Crippen molar-refractivity contribution >= 4 is 43.5 Å². The molecule has 0 unspecified atom stereocenters. The summed E-state index contributed by atoms with van der Waals surface area (Å²) in [5.41, 5.74) is 0.555. The van der Waals surface area contributed by atoms with E-state index in [0.29, 0.717) is 11.7 Å². The molecule has 0 radical (unpaired) electrons. The summed E-state index contributed by atoms with van der Waals surface area (Å²) < 4.78 is 6.28. The van der Waals surface area contributed by atoms with Crippen molar-refractivity contribution in [2.45, 2.75) is 18.9 Å². The number of carbonyl (C=O) groups is 1. The minimum absolute atomic E-state index is 0.0453. The van der Waals surface area contributed by atoms with Gasteiger partial charge in [0, 0.05) is 15.9 Å². The van der Waals surface area contributed by atoms with Crippen LogP contribution in [0.15, 0.2) is 22.7 Å². The van der Waals surface area contributed by atoms with Crippen LogP contribution in [0.25, 0.3) is 10.1 Å². The number of hydrogen-bond acceptors (Lipinski definition) is 3. The molecule has 0 aliphatic heterocycles. The van der Waals surface area contributed by atoms with Gasteiger partial charge in [0.2, 0.25) is 0 Å². The van der Waals surface area contributed by atoms with Crippen LogP contribution in [0.4, 0.5) is 0 Å². The Bertz CT molecular complexity index is 562. The van der Waals surface area contributed by atoms with Gasteiger partial charge in [0.25, 0.3) is 5.91 Å². The molecule has 2 aromatic rings. The van der Waals surface area contributed by atoms with Gasteiger partial charge >= 0.3 is 0 Å². The Morgan fingerprint density at radius 1 is 1.50 bits per heavy atom. The van der Waals surface area contributed by atoms with Crippen LogP contribution in [0.1, 0.15) is 23.3 Å². The van der Waals surface area contributed by atoms with Gasteiger partial charge in [-0.3, -0.25) is 4.79 Å². The zero-order valence-corrected chi connectivity index (χ0v) is 10.8. The molecular formula is C11H9BrN2OS. The van der Waals surface area contributed by atoms with E-state index >= 15 is 0 Å². The number of hydrogen-bond donors (Lipinski definition) is 1. The summed E-state index contributed by atoms with van der Waals surface area (Å²) in [5, 5.41) is 3.89. The quantitative estimate of drug-likeness (QED) is 0.926. The molecule has 1 heterocycles. The molecule has 0 saturated heterocycles. The molecule has 0 spiro atoms. The van der Waals surface area contributed by atoms with Crippen LogP contribution >= 0.6 is 27.5 Å². The van der Waals surface area contributed by atoms with Crippen molar-refractivity contribution in [2.75, 3.05) is 0 Å².